The molecule has 128 valence electrons. The van der Waals surface area contributed by atoms with Crippen LogP contribution in [0.2, 0.25) is 0 Å². The summed E-state index contributed by atoms with van der Waals surface area (Å²) in [7, 11) is 0. The van der Waals surface area contributed by atoms with Crippen LogP contribution in [-0.2, 0) is 0 Å². The second-order valence-corrected chi connectivity index (χ2v) is 7.36. The van der Waals surface area contributed by atoms with E-state index >= 15 is 0 Å². The topological polar surface area (TPSA) is 64.1 Å². The predicted molar refractivity (Wildman–Crippen MR) is 106 cm³/mol. The molecule has 0 aliphatic heterocycles. The van der Waals surface area contributed by atoms with Crippen molar-refractivity contribution in [1.29, 1.82) is 0 Å². The molecule has 0 atom stereocenters. The van der Waals surface area contributed by atoms with Crippen molar-refractivity contribution in [3.8, 4) is 11.5 Å². The fourth-order valence-corrected chi connectivity index (χ4v) is 3.61. The number of nitrogens with zero attached hydrogens (tertiary/aromatic N) is 2. The zero-order chi connectivity index (χ0) is 17.9. The van der Waals surface area contributed by atoms with E-state index in [0.29, 0.717) is 10.7 Å². The Bertz CT molecular complexity index is 1080. The molecule has 5 nitrogen and oxygen atoms in total. The Balaban J connectivity index is 1.55. The van der Waals surface area contributed by atoms with Crippen molar-refractivity contribution < 1.29 is 9.53 Å². The molecule has 2 aromatic carbocycles. The molecule has 4 aromatic rings. The van der Waals surface area contributed by atoms with Crippen LogP contribution in [0.15, 0.2) is 71.5 Å². The van der Waals surface area contributed by atoms with Crippen molar-refractivity contribution >= 4 is 48.5 Å². The highest BCUT2D eigenvalue weighted by Crippen LogP contribution is 2.31. The first-order valence-corrected chi connectivity index (χ1v) is 9.34. The molecule has 0 unspecified atom stereocenters. The molecule has 1 amide bonds. The summed E-state index contributed by atoms with van der Waals surface area (Å²) in [5.74, 6) is 1.24. The van der Waals surface area contributed by atoms with Crippen molar-refractivity contribution in [3.05, 3.63) is 77.0 Å². The number of rotatable bonds is 4. The van der Waals surface area contributed by atoms with E-state index in [9.17, 15) is 4.79 Å². The minimum absolute atomic E-state index is 0.251. The van der Waals surface area contributed by atoms with Crippen molar-refractivity contribution in [2.45, 2.75) is 0 Å². The first-order chi connectivity index (χ1) is 12.7. The van der Waals surface area contributed by atoms with Crippen LogP contribution < -0.4 is 10.1 Å². The SMILES string of the molecule is O=C(Nc1nc2ccc(Oc3ccccc3)cc2s1)c1cncc(Br)c1. The first kappa shape index (κ1) is 16.7. The number of para-hydroxylation sites is 1. The van der Waals surface area contributed by atoms with E-state index in [4.69, 9.17) is 4.74 Å². The monoisotopic (exact) mass is 425 g/mol. The molecule has 2 aromatic heterocycles. The molecule has 1 N–H and O–H groups in total. The van der Waals surface area contributed by atoms with Crippen LogP contribution >= 0.6 is 27.3 Å². The van der Waals surface area contributed by atoms with Crippen LogP contribution in [0.5, 0.6) is 11.5 Å². The van der Waals surface area contributed by atoms with E-state index < -0.39 is 0 Å². The molecule has 2 heterocycles. The summed E-state index contributed by atoms with van der Waals surface area (Å²) in [4.78, 5) is 20.8. The van der Waals surface area contributed by atoms with Crippen LogP contribution in [0, 0.1) is 0 Å². The molecular weight excluding hydrogens is 414 g/mol. The second-order valence-electron chi connectivity index (χ2n) is 5.41. The number of carbonyl (C=O) groups excluding carboxylic acids is 1. The number of fused-ring (bicyclic) bond motifs is 1. The highest BCUT2D eigenvalue weighted by Gasteiger charge is 2.11. The van der Waals surface area contributed by atoms with E-state index in [1.165, 1.54) is 17.5 Å². The van der Waals surface area contributed by atoms with E-state index in [1.807, 2.05) is 48.5 Å². The van der Waals surface area contributed by atoms with Gasteiger partial charge in [0.2, 0.25) is 0 Å². The normalized spacial score (nSPS) is 10.7. The molecule has 0 radical (unpaired) electrons. The molecule has 0 bridgehead atoms. The van der Waals surface area contributed by atoms with Gasteiger partial charge >= 0.3 is 0 Å². The lowest BCUT2D eigenvalue weighted by Crippen LogP contribution is -2.11. The lowest BCUT2D eigenvalue weighted by atomic mass is 10.3. The van der Waals surface area contributed by atoms with E-state index in [2.05, 4.69) is 31.2 Å². The predicted octanol–water partition coefficient (Wildman–Crippen LogP) is 5.50. The third kappa shape index (κ3) is 3.74. The summed E-state index contributed by atoms with van der Waals surface area (Å²) in [6.45, 7) is 0. The maximum atomic E-state index is 12.3. The number of nitrogens with one attached hydrogen (secondary N) is 1. The molecule has 26 heavy (non-hydrogen) atoms. The summed E-state index contributed by atoms with van der Waals surface area (Å²) in [5.41, 5.74) is 1.27. The number of pyridine rings is 1. The molecule has 0 saturated heterocycles. The molecule has 0 spiro atoms. The number of benzene rings is 2. The molecule has 0 saturated carbocycles. The molecule has 0 aliphatic rings. The van der Waals surface area contributed by atoms with Gasteiger partial charge in [-0.3, -0.25) is 15.1 Å². The average Bonchev–Trinajstić information content (AvgIpc) is 3.04. The van der Waals surface area contributed by atoms with Gasteiger partial charge in [0.1, 0.15) is 11.5 Å². The molecule has 7 heteroatoms. The number of thiazole rings is 1. The van der Waals surface area contributed by atoms with E-state index in [-0.39, 0.29) is 5.91 Å². The maximum absolute atomic E-state index is 12.3. The lowest BCUT2D eigenvalue weighted by Gasteiger charge is -2.04. The Morgan fingerprint density at radius 1 is 1.04 bits per heavy atom. The van der Waals surface area contributed by atoms with Gasteiger partial charge in [-0.15, -0.1) is 0 Å². The Morgan fingerprint density at radius 2 is 1.88 bits per heavy atom. The fourth-order valence-electron chi connectivity index (χ4n) is 2.35. The average molecular weight is 426 g/mol. The minimum Gasteiger partial charge on any atom is -0.457 e. The third-order valence-corrected chi connectivity index (χ3v) is 4.89. The van der Waals surface area contributed by atoms with Crippen LogP contribution in [0.25, 0.3) is 10.2 Å². The van der Waals surface area contributed by atoms with Gasteiger partial charge < -0.3 is 4.74 Å². The standard InChI is InChI=1S/C19H12BrN3O2S/c20-13-8-12(10-21-11-13)18(24)23-19-22-16-7-6-15(9-17(16)26-19)25-14-4-2-1-3-5-14/h1-11H,(H,22,23,24). The number of hydrogen-bond acceptors (Lipinski definition) is 5. The zero-order valence-electron chi connectivity index (χ0n) is 13.3. The van der Waals surface area contributed by atoms with Gasteiger partial charge in [-0.2, -0.15) is 0 Å². The summed E-state index contributed by atoms with van der Waals surface area (Å²) in [5, 5.41) is 3.34. The van der Waals surface area contributed by atoms with Crippen molar-refractivity contribution in [1.82, 2.24) is 9.97 Å². The third-order valence-electron chi connectivity index (χ3n) is 3.53. The van der Waals surface area contributed by atoms with E-state index in [0.717, 1.165) is 26.2 Å². The van der Waals surface area contributed by atoms with Crippen LogP contribution in [0.4, 0.5) is 5.13 Å². The highest BCUT2D eigenvalue weighted by atomic mass is 79.9. The van der Waals surface area contributed by atoms with Gasteiger partial charge in [0.25, 0.3) is 5.91 Å². The van der Waals surface area contributed by atoms with Gasteiger partial charge in [0, 0.05) is 22.9 Å². The van der Waals surface area contributed by atoms with Crippen molar-refractivity contribution in [2.24, 2.45) is 0 Å². The zero-order valence-corrected chi connectivity index (χ0v) is 15.8. The van der Waals surface area contributed by atoms with Gasteiger partial charge in [-0.1, -0.05) is 29.5 Å². The first-order valence-electron chi connectivity index (χ1n) is 7.73. The quantitative estimate of drug-likeness (QED) is 0.468. The molecular formula is C19H12BrN3O2S. The van der Waals surface area contributed by atoms with Crippen LogP contribution in [0.3, 0.4) is 0 Å². The smallest absolute Gasteiger partial charge is 0.259 e. The highest BCUT2D eigenvalue weighted by molar-refractivity contribution is 9.10. The second kappa shape index (κ2) is 7.23. The summed E-state index contributed by atoms with van der Waals surface area (Å²) in [6, 6.07) is 16.9. The van der Waals surface area contributed by atoms with Crippen LogP contribution in [0.1, 0.15) is 10.4 Å². The van der Waals surface area contributed by atoms with Crippen molar-refractivity contribution in [2.75, 3.05) is 5.32 Å². The Kier molecular flexibility index (Phi) is 4.64. The minimum atomic E-state index is -0.251. The van der Waals surface area contributed by atoms with Gasteiger partial charge in [-0.25, -0.2) is 4.98 Å². The van der Waals surface area contributed by atoms with Crippen molar-refractivity contribution in [3.63, 3.8) is 0 Å². The molecule has 0 fully saturated rings. The number of ether oxygens (including phenoxy) is 1. The number of halogens is 1. The number of anilines is 1. The van der Waals surface area contributed by atoms with Gasteiger partial charge in [0.15, 0.2) is 5.13 Å². The summed E-state index contributed by atoms with van der Waals surface area (Å²) < 4.78 is 7.52. The van der Waals surface area contributed by atoms with E-state index in [1.54, 1.807) is 12.3 Å². The number of amides is 1. The Morgan fingerprint density at radius 3 is 2.69 bits per heavy atom. The maximum Gasteiger partial charge on any atom is 0.259 e. The van der Waals surface area contributed by atoms with Gasteiger partial charge in [0.05, 0.1) is 15.8 Å². The Hall–Kier alpha value is -2.77. The Labute approximate surface area is 161 Å². The fraction of sp³-hybridized carbons (Fsp3) is 0. The molecule has 4 rings (SSSR count). The lowest BCUT2D eigenvalue weighted by molar-refractivity contribution is 0.102. The number of carbonyl (C=O) groups is 1. The summed E-state index contributed by atoms with van der Waals surface area (Å²) in [6.07, 6.45) is 3.14. The largest absolute Gasteiger partial charge is 0.457 e. The number of hydrogen-bond donors (Lipinski definition) is 1. The molecule has 0 aliphatic carbocycles. The van der Waals surface area contributed by atoms with Gasteiger partial charge in [-0.05, 0) is 46.3 Å². The van der Waals surface area contributed by atoms with Crippen LogP contribution in [-0.4, -0.2) is 15.9 Å². The summed E-state index contributed by atoms with van der Waals surface area (Å²) >= 11 is 4.70. The number of aromatic nitrogens is 2.